The molecule has 0 saturated carbocycles. The van der Waals surface area contributed by atoms with Crippen LogP contribution in [0.2, 0.25) is 0 Å². The molecule has 1 heterocycles. The number of nitrogens with zero attached hydrogens (tertiary/aromatic N) is 5. The molecular weight excluding hydrogens is 248 g/mol. The number of nitrogens with one attached hydrogen (secondary N) is 1. The van der Waals surface area contributed by atoms with Crippen LogP contribution in [0, 0.1) is 11.3 Å². The van der Waals surface area contributed by atoms with Crippen molar-refractivity contribution in [1.82, 2.24) is 15.0 Å². The van der Waals surface area contributed by atoms with Gasteiger partial charge in [-0.1, -0.05) is 0 Å². The fourth-order valence-corrected chi connectivity index (χ4v) is 1.39. The second kappa shape index (κ2) is 8.05. The fraction of sp³-hybridized carbons (Fsp3) is 0.636. The van der Waals surface area contributed by atoms with Crippen molar-refractivity contribution in [3.8, 4) is 12.1 Å². The lowest BCUT2D eigenvalue weighted by molar-refractivity contribution is 0.205. The summed E-state index contributed by atoms with van der Waals surface area (Å²) in [4.78, 5) is 14.3. The molecule has 0 amide bonds. The van der Waals surface area contributed by atoms with Crippen LogP contribution in [0.1, 0.15) is 6.42 Å². The minimum atomic E-state index is 0.230. The maximum Gasteiger partial charge on any atom is 0.322 e. The topological polar surface area (TPSA) is 96.2 Å². The van der Waals surface area contributed by atoms with E-state index in [-0.39, 0.29) is 6.01 Å². The second-order valence-corrected chi connectivity index (χ2v) is 3.58. The van der Waals surface area contributed by atoms with Gasteiger partial charge >= 0.3 is 6.01 Å². The van der Waals surface area contributed by atoms with Gasteiger partial charge in [0.05, 0.1) is 26.2 Å². The number of aromatic nitrogens is 3. The van der Waals surface area contributed by atoms with Gasteiger partial charge in [0, 0.05) is 27.2 Å². The van der Waals surface area contributed by atoms with E-state index in [0.717, 1.165) is 0 Å². The van der Waals surface area contributed by atoms with E-state index >= 15 is 0 Å². The van der Waals surface area contributed by atoms with Crippen molar-refractivity contribution in [3.63, 3.8) is 0 Å². The van der Waals surface area contributed by atoms with E-state index in [1.54, 1.807) is 14.2 Å². The predicted molar refractivity (Wildman–Crippen MR) is 70.2 cm³/mol. The Morgan fingerprint density at radius 1 is 1.26 bits per heavy atom. The molecule has 1 rings (SSSR count). The van der Waals surface area contributed by atoms with Crippen LogP contribution in [0.3, 0.4) is 0 Å². The molecule has 0 atom stereocenters. The zero-order chi connectivity index (χ0) is 14.1. The molecule has 8 heteroatoms. The molecule has 0 fully saturated rings. The summed E-state index contributed by atoms with van der Waals surface area (Å²) >= 11 is 0. The van der Waals surface area contributed by atoms with E-state index in [2.05, 4.69) is 26.3 Å². The highest BCUT2D eigenvalue weighted by atomic mass is 16.5. The average Bonchev–Trinajstić information content (AvgIpc) is 2.46. The lowest BCUT2D eigenvalue weighted by Gasteiger charge is -2.21. The Balaban J connectivity index is 2.95. The fourth-order valence-electron chi connectivity index (χ4n) is 1.39. The SMILES string of the molecule is CNc1nc(OC)nc(N(CCC#N)CCOC)n1. The molecule has 8 nitrogen and oxygen atoms in total. The minimum absolute atomic E-state index is 0.230. The molecule has 0 aliphatic carbocycles. The first kappa shape index (κ1) is 14.9. The number of anilines is 2. The van der Waals surface area contributed by atoms with Gasteiger partial charge in [-0.05, 0) is 0 Å². The Morgan fingerprint density at radius 3 is 2.63 bits per heavy atom. The molecule has 0 unspecified atom stereocenters. The van der Waals surface area contributed by atoms with Gasteiger partial charge in [-0.2, -0.15) is 20.2 Å². The zero-order valence-electron chi connectivity index (χ0n) is 11.4. The molecular formula is C11H18N6O2. The third kappa shape index (κ3) is 4.56. The summed E-state index contributed by atoms with van der Waals surface area (Å²) < 4.78 is 10.1. The highest BCUT2D eigenvalue weighted by Gasteiger charge is 2.13. The largest absolute Gasteiger partial charge is 0.467 e. The monoisotopic (exact) mass is 266 g/mol. The van der Waals surface area contributed by atoms with Gasteiger partial charge in [0.1, 0.15) is 0 Å². The maximum absolute atomic E-state index is 8.69. The van der Waals surface area contributed by atoms with E-state index in [0.29, 0.717) is 38.0 Å². The van der Waals surface area contributed by atoms with Crippen molar-refractivity contribution in [2.24, 2.45) is 0 Å². The molecule has 0 saturated heterocycles. The lowest BCUT2D eigenvalue weighted by Crippen LogP contribution is -2.30. The van der Waals surface area contributed by atoms with Crippen molar-refractivity contribution in [3.05, 3.63) is 0 Å². The molecule has 0 radical (unpaired) electrons. The van der Waals surface area contributed by atoms with Crippen LogP contribution in [0.25, 0.3) is 0 Å². The minimum Gasteiger partial charge on any atom is -0.467 e. The standard InChI is InChI=1S/C11H18N6O2/c1-13-9-14-10(16-11(15-9)19-3)17(6-4-5-12)7-8-18-2/h4,6-8H2,1-3H3,(H,13,14,15,16). The van der Waals surface area contributed by atoms with Crippen LogP contribution >= 0.6 is 0 Å². The second-order valence-electron chi connectivity index (χ2n) is 3.58. The number of nitriles is 1. The third-order valence-electron chi connectivity index (χ3n) is 2.35. The summed E-state index contributed by atoms with van der Waals surface area (Å²) in [6.45, 7) is 1.64. The van der Waals surface area contributed by atoms with Gasteiger partial charge in [-0.15, -0.1) is 0 Å². The van der Waals surface area contributed by atoms with E-state index < -0.39 is 0 Å². The molecule has 0 spiro atoms. The van der Waals surface area contributed by atoms with E-state index in [1.807, 2.05) is 4.90 Å². The van der Waals surface area contributed by atoms with Crippen LogP contribution in [-0.2, 0) is 4.74 Å². The normalized spacial score (nSPS) is 9.79. The van der Waals surface area contributed by atoms with E-state index in [4.69, 9.17) is 14.7 Å². The first-order valence-electron chi connectivity index (χ1n) is 5.83. The molecule has 1 N–H and O–H groups in total. The Morgan fingerprint density at radius 2 is 2.05 bits per heavy atom. The van der Waals surface area contributed by atoms with Crippen LogP contribution in [-0.4, -0.2) is 55.9 Å². The maximum atomic E-state index is 8.69. The van der Waals surface area contributed by atoms with Gasteiger partial charge in [-0.3, -0.25) is 0 Å². The zero-order valence-corrected chi connectivity index (χ0v) is 11.4. The molecule has 1 aromatic rings. The number of methoxy groups -OCH3 is 2. The van der Waals surface area contributed by atoms with Crippen LogP contribution in [0.4, 0.5) is 11.9 Å². The Kier molecular flexibility index (Phi) is 6.32. The summed E-state index contributed by atoms with van der Waals surface area (Å²) in [6, 6.07) is 2.33. The summed E-state index contributed by atoms with van der Waals surface area (Å²) in [5.74, 6) is 0.879. The smallest absolute Gasteiger partial charge is 0.322 e. The highest BCUT2D eigenvalue weighted by molar-refractivity contribution is 5.38. The molecule has 0 aliphatic heterocycles. The van der Waals surface area contributed by atoms with E-state index in [1.165, 1.54) is 7.11 Å². The Labute approximate surface area is 112 Å². The predicted octanol–water partition coefficient (Wildman–Crippen LogP) is 0.288. The van der Waals surface area contributed by atoms with Gasteiger partial charge in [0.15, 0.2) is 0 Å². The summed E-state index contributed by atoms with van der Waals surface area (Å²) in [6.07, 6.45) is 0.382. The molecule has 104 valence electrons. The van der Waals surface area contributed by atoms with Gasteiger partial charge < -0.3 is 19.7 Å². The molecule has 19 heavy (non-hydrogen) atoms. The average molecular weight is 266 g/mol. The Hall–Kier alpha value is -2.14. The quantitative estimate of drug-likeness (QED) is 0.717. The summed E-state index contributed by atoms with van der Waals surface area (Å²) in [7, 11) is 4.83. The third-order valence-corrected chi connectivity index (χ3v) is 2.35. The highest BCUT2D eigenvalue weighted by Crippen LogP contribution is 2.14. The van der Waals surface area contributed by atoms with Crippen LogP contribution in [0.15, 0.2) is 0 Å². The van der Waals surface area contributed by atoms with Gasteiger partial charge in [0.25, 0.3) is 0 Å². The van der Waals surface area contributed by atoms with Crippen LogP contribution < -0.4 is 15.0 Å². The van der Waals surface area contributed by atoms with Crippen molar-refractivity contribution in [2.45, 2.75) is 6.42 Å². The van der Waals surface area contributed by atoms with E-state index in [9.17, 15) is 0 Å². The molecule has 0 bridgehead atoms. The van der Waals surface area contributed by atoms with Crippen molar-refractivity contribution in [2.75, 3.05) is 51.2 Å². The Bertz CT molecular complexity index is 411. The molecule has 0 aliphatic rings. The number of ether oxygens (including phenoxy) is 2. The number of hydrogen-bond acceptors (Lipinski definition) is 8. The summed E-state index contributed by atoms with van der Waals surface area (Å²) in [5.41, 5.74) is 0. The molecule has 1 aromatic heterocycles. The first-order chi connectivity index (χ1) is 9.24. The lowest BCUT2D eigenvalue weighted by atomic mass is 10.4. The van der Waals surface area contributed by atoms with Crippen molar-refractivity contribution >= 4 is 11.9 Å². The van der Waals surface area contributed by atoms with Gasteiger partial charge in [0.2, 0.25) is 11.9 Å². The number of rotatable bonds is 8. The first-order valence-corrected chi connectivity index (χ1v) is 5.83. The summed E-state index contributed by atoms with van der Waals surface area (Å²) in [5, 5.41) is 11.5. The molecule has 0 aromatic carbocycles. The van der Waals surface area contributed by atoms with Crippen molar-refractivity contribution in [1.29, 1.82) is 5.26 Å². The van der Waals surface area contributed by atoms with Crippen LogP contribution in [0.5, 0.6) is 6.01 Å². The van der Waals surface area contributed by atoms with Gasteiger partial charge in [-0.25, -0.2) is 0 Å². The number of hydrogen-bond donors (Lipinski definition) is 1. The van der Waals surface area contributed by atoms with Crippen molar-refractivity contribution < 1.29 is 9.47 Å².